The van der Waals surface area contributed by atoms with Gasteiger partial charge in [0.2, 0.25) is 5.43 Å². The molecule has 1 aromatic heterocycles. The number of rotatable bonds is 3. The number of fused-ring (bicyclic) bond motifs is 1. The highest BCUT2D eigenvalue weighted by Gasteiger charge is 2.28. The molecule has 1 fully saturated rings. The molecule has 1 aliphatic rings. The zero-order valence-electron chi connectivity index (χ0n) is 13.5. The normalized spacial score (nSPS) is 17.0. The fraction of sp³-hybridized carbons (Fsp3) is 0.375. The average molecular weight is 374 g/mol. The quantitative estimate of drug-likeness (QED) is 0.858. The fourth-order valence-corrected chi connectivity index (χ4v) is 3.16. The van der Waals surface area contributed by atoms with E-state index in [1.807, 2.05) is 0 Å². The molecule has 6 nitrogen and oxygen atoms in total. The van der Waals surface area contributed by atoms with E-state index in [0.717, 1.165) is 12.3 Å². The van der Waals surface area contributed by atoms with Crippen molar-refractivity contribution in [2.75, 3.05) is 18.0 Å². The lowest BCUT2D eigenvalue weighted by molar-refractivity contribution is 0.0695. The summed E-state index contributed by atoms with van der Waals surface area (Å²) in [6.07, 6.45) is 1.71. The number of anilines is 1. The molecular weight excluding hydrogens is 356 g/mol. The van der Waals surface area contributed by atoms with Crippen LogP contribution in [0.3, 0.4) is 0 Å². The minimum absolute atomic E-state index is 0. The monoisotopic (exact) mass is 373 g/mol. The van der Waals surface area contributed by atoms with Gasteiger partial charge >= 0.3 is 5.97 Å². The summed E-state index contributed by atoms with van der Waals surface area (Å²) in [6.45, 7) is 2.66. The third kappa shape index (κ3) is 3.07. The summed E-state index contributed by atoms with van der Waals surface area (Å²) in [5.41, 5.74) is 4.07. The van der Waals surface area contributed by atoms with Crippen LogP contribution in [-0.4, -0.2) is 34.8 Å². The number of carboxylic acid groups (broad SMARTS) is 1. The summed E-state index contributed by atoms with van der Waals surface area (Å²) in [6, 6.07) is 0.751. The Balaban J connectivity index is 0.00000225. The van der Waals surface area contributed by atoms with Gasteiger partial charge in [-0.3, -0.25) is 4.79 Å². The van der Waals surface area contributed by atoms with Gasteiger partial charge in [-0.25, -0.2) is 13.6 Å². The first-order valence-electron chi connectivity index (χ1n) is 7.64. The maximum Gasteiger partial charge on any atom is 0.341 e. The van der Waals surface area contributed by atoms with E-state index in [9.17, 15) is 14.0 Å². The summed E-state index contributed by atoms with van der Waals surface area (Å²) in [7, 11) is 0. The van der Waals surface area contributed by atoms with Crippen molar-refractivity contribution in [3.63, 3.8) is 0 Å². The van der Waals surface area contributed by atoms with Gasteiger partial charge in [-0.1, -0.05) is 0 Å². The first-order chi connectivity index (χ1) is 11.3. The highest BCUT2D eigenvalue weighted by molar-refractivity contribution is 5.93. The van der Waals surface area contributed by atoms with Gasteiger partial charge in [0.1, 0.15) is 17.1 Å². The molecule has 1 saturated heterocycles. The first-order valence-corrected chi connectivity index (χ1v) is 7.64. The SMILES string of the molecule is CCn1cc(C(=O)O)c(=O)c2cc(F)c(N3CCC(N)C3)c(F)c21.Cl. The summed E-state index contributed by atoms with van der Waals surface area (Å²) < 4.78 is 30.8. The van der Waals surface area contributed by atoms with E-state index in [1.165, 1.54) is 9.47 Å². The number of hydrogen-bond donors (Lipinski definition) is 2. The number of nitrogens with two attached hydrogens (primary N) is 1. The van der Waals surface area contributed by atoms with Crippen LogP contribution in [0.4, 0.5) is 14.5 Å². The highest BCUT2D eigenvalue weighted by Crippen LogP contribution is 2.31. The predicted molar refractivity (Wildman–Crippen MR) is 92.8 cm³/mol. The van der Waals surface area contributed by atoms with E-state index in [0.29, 0.717) is 19.5 Å². The second-order valence-electron chi connectivity index (χ2n) is 5.87. The molecule has 1 atom stereocenters. The number of pyridine rings is 1. The van der Waals surface area contributed by atoms with Crippen LogP contribution in [0.15, 0.2) is 17.1 Å². The Hall–Kier alpha value is -2.19. The maximum absolute atomic E-state index is 15.0. The van der Waals surface area contributed by atoms with Crippen molar-refractivity contribution in [1.29, 1.82) is 0 Å². The number of carbonyl (C=O) groups is 1. The van der Waals surface area contributed by atoms with Gasteiger partial charge in [-0.2, -0.15) is 0 Å². The summed E-state index contributed by atoms with van der Waals surface area (Å²) >= 11 is 0. The molecular formula is C16H18ClF2N3O3. The lowest BCUT2D eigenvalue weighted by atomic mass is 10.1. The molecule has 136 valence electrons. The van der Waals surface area contributed by atoms with Crippen LogP contribution in [0, 0.1) is 11.6 Å². The zero-order valence-corrected chi connectivity index (χ0v) is 14.3. The summed E-state index contributed by atoms with van der Waals surface area (Å²) in [5.74, 6) is -3.19. The Morgan fingerprint density at radius 2 is 2.12 bits per heavy atom. The lowest BCUT2D eigenvalue weighted by Gasteiger charge is -2.21. The number of aromatic carboxylic acids is 1. The molecule has 0 radical (unpaired) electrons. The van der Waals surface area contributed by atoms with E-state index in [-0.39, 0.29) is 41.6 Å². The van der Waals surface area contributed by atoms with E-state index < -0.39 is 28.6 Å². The molecule has 3 rings (SSSR count). The van der Waals surface area contributed by atoms with E-state index >= 15 is 4.39 Å². The highest BCUT2D eigenvalue weighted by atomic mass is 35.5. The Labute approximate surface area is 148 Å². The Kier molecular flexibility index (Phi) is 5.34. The van der Waals surface area contributed by atoms with Gasteiger partial charge in [0.05, 0.1) is 10.9 Å². The topological polar surface area (TPSA) is 88.6 Å². The van der Waals surface area contributed by atoms with E-state index in [2.05, 4.69) is 0 Å². The first kappa shape index (κ1) is 19.1. The van der Waals surface area contributed by atoms with Crippen LogP contribution in [0.1, 0.15) is 23.7 Å². The fourth-order valence-electron chi connectivity index (χ4n) is 3.16. The number of halogens is 3. The Bertz CT molecular complexity index is 901. The molecule has 3 N–H and O–H groups in total. The molecule has 25 heavy (non-hydrogen) atoms. The van der Waals surface area contributed by atoms with E-state index in [4.69, 9.17) is 10.8 Å². The van der Waals surface area contributed by atoms with Crippen LogP contribution < -0.4 is 16.1 Å². The van der Waals surface area contributed by atoms with Gasteiger partial charge in [0.15, 0.2) is 5.82 Å². The molecule has 0 bridgehead atoms. The van der Waals surface area contributed by atoms with E-state index in [1.54, 1.807) is 6.92 Å². The molecule has 9 heteroatoms. The molecule has 2 aromatic rings. The smallest absolute Gasteiger partial charge is 0.341 e. The average Bonchev–Trinajstić information content (AvgIpc) is 2.94. The minimum atomic E-state index is -1.43. The van der Waals surface area contributed by atoms with Crippen molar-refractivity contribution in [2.45, 2.75) is 25.9 Å². The maximum atomic E-state index is 15.0. The molecule has 2 heterocycles. The molecule has 0 aliphatic carbocycles. The summed E-state index contributed by atoms with van der Waals surface area (Å²) in [4.78, 5) is 25.0. The number of aryl methyl sites for hydroxylation is 1. The van der Waals surface area contributed by atoms with Gasteiger partial charge < -0.3 is 20.3 Å². The molecule has 0 saturated carbocycles. The van der Waals surface area contributed by atoms with Crippen LogP contribution >= 0.6 is 12.4 Å². The molecule has 0 amide bonds. The van der Waals surface area contributed by atoms with Crippen LogP contribution in [0.5, 0.6) is 0 Å². The van der Waals surface area contributed by atoms with Crippen molar-refractivity contribution >= 4 is 35.0 Å². The molecule has 0 spiro atoms. The van der Waals surface area contributed by atoms with Crippen molar-refractivity contribution < 1.29 is 18.7 Å². The standard InChI is InChI=1S/C16H17F2N3O3.ClH/c1-2-20-7-10(16(23)24)15(22)9-5-11(17)14(12(18)13(9)20)21-4-3-8(19)6-21;/h5,7-8H,2-4,6,19H2,1H3,(H,23,24);1H. The molecule has 1 aromatic carbocycles. The van der Waals surface area contributed by atoms with Gasteiger partial charge in [-0.15, -0.1) is 12.4 Å². The lowest BCUT2D eigenvalue weighted by Crippen LogP contribution is -2.28. The number of hydrogen-bond acceptors (Lipinski definition) is 4. The van der Waals surface area contributed by atoms with Crippen molar-refractivity contribution in [3.8, 4) is 0 Å². The molecule has 1 aliphatic heterocycles. The summed E-state index contributed by atoms with van der Waals surface area (Å²) in [5, 5.41) is 8.84. The number of benzene rings is 1. The van der Waals surface area contributed by atoms with Crippen molar-refractivity contribution in [2.24, 2.45) is 5.73 Å². The predicted octanol–water partition coefficient (Wildman–Crippen LogP) is 1.96. The second-order valence-corrected chi connectivity index (χ2v) is 5.87. The Morgan fingerprint density at radius 3 is 2.64 bits per heavy atom. The number of nitrogens with zero attached hydrogens (tertiary/aromatic N) is 2. The van der Waals surface area contributed by atoms with Gasteiger partial charge in [-0.05, 0) is 19.4 Å². The van der Waals surface area contributed by atoms with Crippen LogP contribution in [0.2, 0.25) is 0 Å². The number of carboxylic acids is 1. The van der Waals surface area contributed by atoms with Crippen LogP contribution in [0.25, 0.3) is 10.9 Å². The largest absolute Gasteiger partial charge is 0.477 e. The molecule has 1 unspecified atom stereocenters. The number of aromatic nitrogens is 1. The van der Waals surface area contributed by atoms with Crippen molar-refractivity contribution in [3.05, 3.63) is 39.7 Å². The van der Waals surface area contributed by atoms with Crippen LogP contribution in [-0.2, 0) is 6.54 Å². The third-order valence-corrected chi connectivity index (χ3v) is 4.34. The zero-order chi connectivity index (χ0) is 17.6. The second kappa shape index (κ2) is 6.97. The van der Waals surface area contributed by atoms with Gasteiger partial charge in [0.25, 0.3) is 0 Å². The Morgan fingerprint density at radius 1 is 1.44 bits per heavy atom. The van der Waals surface area contributed by atoms with Crippen molar-refractivity contribution in [1.82, 2.24) is 4.57 Å². The minimum Gasteiger partial charge on any atom is -0.477 e. The van der Waals surface area contributed by atoms with Gasteiger partial charge in [0, 0.05) is 31.9 Å². The third-order valence-electron chi connectivity index (χ3n) is 4.34.